The number of nitrogens with zero attached hydrogens (tertiary/aromatic N) is 1. The van der Waals surface area contributed by atoms with E-state index in [1.165, 1.54) is 10.4 Å². The van der Waals surface area contributed by atoms with E-state index in [0.717, 1.165) is 31.7 Å². The Morgan fingerprint density at radius 3 is 2.90 bits per heavy atom. The van der Waals surface area contributed by atoms with E-state index in [4.69, 9.17) is 5.73 Å². The molecule has 110 valence electrons. The molecule has 0 spiro atoms. The number of nitrogen functional groups attached to an aromatic ring is 1. The molecule has 3 rings (SSSR count). The predicted octanol–water partition coefficient (Wildman–Crippen LogP) is 2.72. The standard InChI is InChI=1S/C16H19N3OS/c17-13-1-3-14(4-2-13)18-16(20)6-9-19-8-5-15-12(11-19)7-10-21-15/h1-4,7,10H,5-6,8-9,11,17H2,(H,18,20). The number of amides is 1. The van der Waals surface area contributed by atoms with E-state index in [1.807, 2.05) is 23.5 Å². The molecule has 1 aliphatic heterocycles. The first-order valence-electron chi connectivity index (χ1n) is 7.14. The molecule has 5 heteroatoms. The van der Waals surface area contributed by atoms with Gasteiger partial charge in [-0.1, -0.05) is 0 Å². The Kier molecular flexibility index (Phi) is 4.22. The van der Waals surface area contributed by atoms with Crippen molar-refractivity contribution in [1.29, 1.82) is 0 Å². The third kappa shape index (κ3) is 3.62. The minimum Gasteiger partial charge on any atom is -0.399 e. The minimum atomic E-state index is 0.0517. The summed E-state index contributed by atoms with van der Waals surface area (Å²) in [5, 5.41) is 5.06. The number of hydrogen-bond donors (Lipinski definition) is 2. The molecule has 3 N–H and O–H groups in total. The van der Waals surface area contributed by atoms with Crippen LogP contribution in [0.3, 0.4) is 0 Å². The number of carbonyl (C=O) groups is 1. The Bertz CT molecular complexity index is 621. The van der Waals surface area contributed by atoms with E-state index in [2.05, 4.69) is 21.7 Å². The minimum absolute atomic E-state index is 0.0517. The van der Waals surface area contributed by atoms with Gasteiger partial charge in [0, 0.05) is 42.3 Å². The SMILES string of the molecule is Nc1ccc(NC(=O)CCN2CCc3sccc3C2)cc1. The topological polar surface area (TPSA) is 58.4 Å². The third-order valence-electron chi connectivity index (χ3n) is 3.74. The highest BCUT2D eigenvalue weighted by molar-refractivity contribution is 7.10. The second kappa shape index (κ2) is 6.28. The fourth-order valence-corrected chi connectivity index (χ4v) is 3.44. The molecule has 0 bridgehead atoms. The van der Waals surface area contributed by atoms with Crippen molar-refractivity contribution in [1.82, 2.24) is 4.90 Å². The van der Waals surface area contributed by atoms with Crippen molar-refractivity contribution in [2.24, 2.45) is 0 Å². The lowest BCUT2D eigenvalue weighted by molar-refractivity contribution is -0.116. The number of fused-ring (bicyclic) bond motifs is 1. The maximum atomic E-state index is 12.0. The van der Waals surface area contributed by atoms with Crippen LogP contribution in [0.15, 0.2) is 35.7 Å². The van der Waals surface area contributed by atoms with Crippen LogP contribution in [0, 0.1) is 0 Å². The van der Waals surface area contributed by atoms with Crippen LogP contribution in [0.5, 0.6) is 0 Å². The van der Waals surface area contributed by atoms with E-state index >= 15 is 0 Å². The molecule has 0 aliphatic carbocycles. The molecule has 0 atom stereocenters. The molecule has 0 unspecified atom stereocenters. The van der Waals surface area contributed by atoms with Gasteiger partial charge in [-0.25, -0.2) is 0 Å². The van der Waals surface area contributed by atoms with E-state index < -0.39 is 0 Å². The van der Waals surface area contributed by atoms with E-state index in [-0.39, 0.29) is 5.91 Å². The summed E-state index contributed by atoms with van der Waals surface area (Å²) in [5.41, 5.74) is 8.55. The molecular formula is C16H19N3OS. The maximum Gasteiger partial charge on any atom is 0.225 e. The monoisotopic (exact) mass is 301 g/mol. The number of anilines is 2. The van der Waals surface area contributed by atoms with Gasteiger partial charge in [0.2, 0.25) is 5.91 Å². The summed E-state index contributed by atoms with van der Waals surface area (Å²) in [5.74, 6) is 0.0517. The van der Waals surface area contributed by atoms with Crippen LogP contribution in [0.2, 0.25) is 0 Å². The van der Waals surface area contributed by atoms with Crippen molar-refractivity contribution < 1.29 is 4.79 Å². The molecule has 1 aromatic heterocycles. The van der Waals surface area contributed by atoms with Crippen LogP contribution in [-0.2, 0) is 17.8 Å². The second-order valence-corrected chi connectivity index (χ2v) is 6.32. The Morgan fingerprint density at radius 2 is 2.10 bits per heavy atom. The lowest BCUT2D eigenvalue weighted by Crippen LogP contribution is -2.32. The molecule has 21 heavy (non-hydrogen) atoms. The van der Waals surface area contributed by atoms with Gasteiger partial charge in [0.1, 0.15) is 0 Å². The fourth-order valence-electron chi connectivity index (χ4n) is 2.55. The average molecular weight is 301 g/mol. The highest BCUT2D eigenvalue weighted by Crippen LogP contribution is 2.23. The lowest BCUT2D eigenvalue weighted by atomic mass is 10.1. The zero-order chi connectivity index (χ0) is 14.7. The first kappa shape index (κ1) is 14.1. The Hall–Kier alpha value is -1.85. The molecule has 1 aliphatic rings. The molecule has 0 saturated heterocycles. The molecule has 0 fully saturated rings. The second-order valence-electron chi connectivity index (χ2n) is 5.32. The quantitative estimate of drug-likeness (QED) is 0.854. The number of thiophene rings is 1. The highest BCUT2D eigenvalue weighted by Gasteiger charge is 2.17. The van der Waals surface area contributed by atoms with Crippen LogP contribution in [0.1, 0.15) is 16.9 Å². The maximum absolute atomic E-state index is 12.0. The average Bonchev–Trinajstić information content (AvgIpc) is 2.95. The normalized spacial score (nSPS) is 14.7. The van der Waals surface area contributed by atoms with Crippen LogP contribution in [0.4, 0.5) is 11.4 Å². The van der Waals surface area contributed by atoms with Crippen molar-refractivity contribution in [3.05, 3.63) is 46.2 Å². The van der Waals surface area contributed by atoms with Crippen LogP contribution < -0.4 is 11.1 Å². The van der Waals surface area contributed by atoms with Gasteiger partial charge in [-0.05, 0) is 47.7 Å². The molecule has 2 aromatic rings. The smallest absolute Gasteiger partial charge is 0.225 e. The summed E-state index contributed by atoms with van der Waals surface area (Å²) in [6.45, 7) is 2.81. The summed E-state index contributed by atoms with van der Waals surface area (Å²) < 4.78 is 0. The van der Waals surface area contributed by atoms with Gasteiger partial charge in [-0.2, -0.15) is 0 Å². The largest absolute Gasteiger partial charge is 0.399 e. The number of nitrogens with two attached hydrogens (primary N) is 1. The van der Waals surface area contributed by atoms with Crippen molar-refractivity contribution in [2.45, 2.75) is 19.4 Å². The van der Waals surface area contributed by atoms with Crippen molar-refractivity contribution in [2.75, 3.05) is 24.1 Å². The fraction of sp³-hybridized carbons (Fsp3) is 0.312. The molecule has 1 aromatic carbocycles. The van der Waals surface area contributed by atoms with Gasteiger partial charge >= 0.3 is 0 Å². The van der Waals surface area contributed by atoms with Crippen LogP contribution in [0.25, 0.3) is 0 Å². The number of carbonyl (C=O) groups excluding carboxylic acids is 1. The van der Waals surface area contributed by atoms with Crippen molar-refractivity contribution in [3.63, 3.8) is 0 Å². The molecule has 2 heterocycles. The number of rotatable bonds is 4. The number of nitrogens with one attached hydrogen (secondary N) is 1. The zero-order valence-electron chi connectivity index (χ0n) is 11.8. The lowest BCUT2D eigenvalue weighted by Gasteiger charge is -2.26. The van der Waals surface area contributed by atoms with Gasteiger partial charge in [0.05, 0.1) is 0 Å². The Labute approximate surface area is 128 Å². The van der Waals surface area contributed by atoms with E-state index in [1.54, 1.807) is 12.1 Å². The van der Waals surface area contributed by atoms with Gasteiger partial charge in [-0.15, -0.1) is 11.3 Å². The molecule has 4 nitrogen and oxygen atoms in total. The highest BCUT2D eigenvalue weighted by atomic mass is 32.1. The Balaban J connectivity index is 1.47. The zero-order valence-corrected chi connectivity index (χ0v) is 12.7. The molecule has 1 amide bonds. The Morgan fingerprint density at radius 1 is 1.29 bits per heavy atom. The third-order valence-corrected chi connectivity index (χ3v) is 4.76. The molecular weight excluding hydrogens is 282 g/mol. The van der Waals surface area contributed by atoms with E-state index in [9.17, 15) is 4.79 Å². The summed E-state index contributed by atoms with van der Waals surface area (Å²) >= 11 is 1.84. The summed E-state index contributed by atoms with van der Waals surface area (Å²) in [6.07, 6.45) is 1.62. The van der Waals surface area contributed by atoms with Gasteiger partial charge in [0.25, 0.3) is 0 Å². The molecule has 0 saturated carbocycles. The summed E-state index contributed by atoms with van der Waals surface area (Å²) in [4.78, 5) is 15.8. The van der Waals surface area contributed by atoms with Crippen LogP contribution >= 0.6 is 11.3 Å². The summed E-state index contributed by atoms with van der Waals surface area (Å²) in [6, 6.07) is 9.43. The van der Waals surface area contributed by atoms with Gasteiger partial charge in [-0.3, -0.25) is 9.69 Å². The van der Waals surface area contributed by atoms with Gasteiger partial charge in [0.15, 0.2) is 0 Å². The summed E-state index contributed by atoms with van der Waals surface area (Å²) in [7, 11) is 0. The first-order valence-corrected chi connectivity index (χ1v) is 8.01. The van der Waals surface area contributed by atoms with Crippen LogP contribution in [-0.4, -0.2) is 23.9 Å². The van der Waals surface area contributed by atoms with Crippen molar-refractivity contribution in [3.8, 4) is 0 Å². The first-order chi connectivity index (χ1) is 10.2. The molecule has 0 radical (unpaired) electrons. The predicted molar refractivity (Wildman–Crippen MR) is 87.4 cm³/mol. The van der Waals surface area contributed by atoms with Crippen molar-refractivity contribution >= 4 is 28.6 Å². The van der Waals surface area contributed by atoms with E-state index in [0.29, 0.717) is 12.1 Å². The number of benzene rings is 1. The number of hydrogen-bond acceptors (Lipinski definition) is 4. The van der Waals surface area contributed by atoms with Gasteiger partial charge < -0.3 is 11.1 Å².